The van der Waals surface area contributed by atoms with E-state index in [-0.39, 0.29) is 23.7 Å². The van der Waals surface area contributed by atoms with Crippen molar-refractivity contribution >= 4 is 5.91 Å². The van der Waals surface area contributed by atoms with Gasteiger partial charge in [-0.15, -0.1) is 0 Å². The lowest BCUT2D eigenvalue weighted by molar-refractivity contribution is -0.133. The average molecular weight is 342 g/mol. The summed E-state index contributed by atoms with van der Waals surface area (Å²) in [4.78, 5) is 18.6. The fourth-order valence-corrected chi connectivity index (χ4v) is 3.11. The van der Waals surface area contributed by atoms with Gasteiger partial charge in [-0.3, -0.25) is 4.79 Å². The number of amides is 1. The van der Waals surface area contributed by atoms with Crippen LogP contribution in [0.25, 0.3) is 0 Å². The monoisotopic (exact) mass is 342 g/mol. The quantitative estimate of drug-likeness (QED) is 0.830. The van der Waals surface area contributed by atoms with Gasteiger partial charge in [0.05, 0.1) is 0 Å². The number of hydrogen-bond acceptors (Lipinski definition) is 3. The molecule has 0 bridgehead atoms. The molecule has 1 saturated heterocycles. The van der Waals surface area contributed by atoms with E-state index in [4.69, 9.17) is 4.74 Å². The minimum atomic E-state index is -0.253. The predicted molar refractivity (Wildman–Crippen MR) is 93.9 cm³/mol. The molecule has 1 aliphatic heterocycles. The Morgan fingerprint density at radius 3 is 2.60 bits per heavy atom. The second-order valence-corrected chi connectivity index (χ2v) is 6.52. The lowest BCUT2D eigenvalue weighted by atomic mass is 9.96. The van der Waals surface area contributed by atoms with Crippen LogP contribution in [0.3, 0.4) is 0 Å². The molecular weight excluding hydrogens is 319 g/mol. The normalized spacial score (nSPS) is 16.5. The number of likely N-dealkylation sites (tertiary alicyclic amines) is 1. The van der Waals surface area contributed by atoms with Crippen LogP contribution in [0.4, 0.5) is 4.39 Å². The first-order chi connectivity index (χ1) is 12.1. The van der Waals surface area contributed by atoms with Crippen LogP contribution in [-0.4, -0.2) is 35.0 Å². The molecule has 2 heterocycles. The van der Waals surface area contributed by atoms with Gasteiger partial charge in [-0.1, -0.05) is 25.1 Å². The Bertz CT molecular complexity index is 683. The zero-order chi connectivity index (χ0) is 17.6. The van der Waals surface area contributed by atoms with Crippen LogP contribution < -0.4 is 4.74 Å². The number of carbonyl (C=O) groups excluding carboxylic acids is 1. The van der Waals surface area contributed by atoms with Gasteiger partial charge in [0.2, 0.25) is 11.8 Å². The summed E-state index contributed by atoms with van der Waals surface area (Å²) in [5.41, 5.74) is 0.989. The molecule has 5 heteroatoms. The lowest BCUT2D eigenvalue weighted by Gasteiger charge is -2.32. The van der Waals surface area contributed by atoms with Crippen LogP contribution in [0.15, 0.2) is 48.7 Å². The highest BCUT2D eigenvalue weighted by Gasteiger charge is 2.25. The molecule has 1 unspecified atom stereocenters. The molecule has 25 heavy (non-hydrogen) atoms. The highest BCUT2D eigenvalue weighted by atomic mass is 19.1. The fourth-order valence-electron chi connectivity index (χ4n) is 3.11. The molecule has 1 aromatic carbocycles. The molecule has 2 aromatic rings. The molecule has 1 aliphatic rings. The zero-order valence-electron chi connectivity index (χ0n) is 14.4. The van der Waals surface area contributed by atoms with E-state index in [9.17, 15) is 9.18 Å². The van der Waals surface area contributed by atoms with Crippen molar-refractivity contribution in [2.75, 3.05) is 13.1 Å². The average Bonchev–Trinajstić information content (AvgIpc) is 2.63. The van der Waals surface area contributed by atoms with Gasteiger partial charge in [-0.05, 0) is 29.7 Å². The van der Waals surface area contributed by atoms with Crippen LogP contribution >= 0.6 is 0 Å². The summed E-state index contributed by atoms with van der Waals surface area (Å²) < 4.78 is 18.9. The van der Waals surface area contributed by atoms with E-state index in [2.05, 4.69) is 4.98 Å². The van der Waals surface area contributed by atoms with Gasteiger partial charge in [0, 0.05) is 44.6 Å². The van der Waals surface area contributed by atoms with Crippen molar-refractivity contribution in [2.45, 2.75) is 38.2 Å². The molecule has 4 nitrogen and oxygen atoms in total. The molecule has 1 fully saturated rings. The summed E-state index contributed by atoms with van der Waals surface area (Å²) >= 11 is 0. The van der Waals surface area contributed by atoms with Crippen molar-refractivity contribution in [3.8, 4) is 5.88 Å². The lowest BCUT2D eigenvalue weighted by Crippen LogP contribution is -2.42. The summed E-state index contributed by atoms with van der Waals surface area (Å²) in [5.74, 6) is 0.609. The number of benzene rings is 1. The van der Waals surface area contributed by atoms with Crippen molar-refractivity contribution < 1.29 is 13.9 Å². The number of hydrogen-bond donors (Lipinski definition) is 0. The van der Waals surface area contributed by atoms with Crippen molar-refractivity contribution in [1.82, 2.24) is 9.88 Å². The standard InChI is InChI=1S/C20H23FN2O2/c1-15(16-5-7-17(21)8-6-16)14-20(24)23-12-9-18(10-13-23)25-19-4-2-3-11-22-19/h2-8,11,15,18H,9-10,12-14H2,1H3. The molecule has 0 radical (unpaired) electrons. The third-order valence-corrected chi connectivity index (χ3v) is 4.64. The number of ether oxygens (including phenoxy) is 1. The first-order valence-electron chi connectivity index (χ1n) is 8.73. The highest BCUT2D eigenvalue weighted by molar-refractivity contribution is 5.77. The Kier molecular flexibility index (Phi) is 5.64. The van der Waals surface area contributed by atoms with Gasteiger partial charge in [0.1, 0.15) is 11.9 Å². The number of nitrogens with zero attached hydrogens (tertiary/aromatic N) is 2. The third kappa shape index (κ3) is 4.78. The predicted octanol–water partition coefficient (Wildman–Crippen LogP) is 3.78. The molecular formula is C20H23FN2O2. The maximum Gasteiger partial charge on any atom is 0.223 e. The van der Waals surface area contributed by atoms with E-state index < -0.39 is 0 Å². The smallest absolute Gasteiger partial charge is 0.223 e. The number of pyridine rings is 1. The largest absolute Gasteiger partial charge is 0.474 e. The SMILES string of the molecule is CC(CC(=O)N1CCC(Oc2ccccn2)CC1)c1ccc(F)cc1. The van der Waals surface area contributed by atoms with Crippen molar-refractivity contribution in [3.05, 3.63) is 60.0 Å². The van der Waals surface area contributed by atoms with Gasteiger partial charge < -0.3 is 9.64 Å². The Morgan fingerprint density at radius 1 is 1.24 bits per heavy atom. The van der Waals surface area contributed by atoms with Gasteiger partial charge in [0.25, 0.3) is 0 Å². The maximum atomic E-state index is 13.0. The molecule has 1 aromatic heterocycles. The number of rotatable bonds is 5. The summed E-state index contributed by atoms with van der Waals surface area (Å²) in [7, 11) is 0. The van der Waals surface area contributed by atoms with Crippen LogP contribution in [0.2, 0.25) is 0 Å². The van der Waals surface area contributed by atoms with Gasteiger partial charge >= 0.3 is 0 Å². The molecule has 0 saturated carbocycles. The van der Waals surface area contributed by atoms with Crippen molar-refractivity contribution in [2.24, 2.45) is 0 Å². The van der Waals surface area contributed by atoms with Gasteiger partial charge in [-0.25, -0.2) is 9.37 Å². The van der Waals surface area contributed by atoms with E-state index in [1.165, 1.54) is 12.1 Å². The van der Waals surface area contributed by atoms with Crippen LogP contribution in [0.5, 0.6) is 5.88 Å². The first kappa shape index (κ1) is 17.4. The highest BCUT2D eigenvalue weighted by Crippen LogP contribution is 2.23. The second-order valence-electron chi connectivity index (χ2n) is 6.52. The Hall–Kier alpha value is -2.43. The van der Waals surface area contributed by atoms with Crippen LogP contribution in [0.1, 0.15) is 37.7 Å². The Balaban J connectivity index is 1.47. The summed E-state index contributed by atoms with van der Waals surface area (Å²) in [5, 5.41) is 0. The number of halogens is 1. The fraction of sp³-hybridized carbons (Fsp3) is 0.400. The zero-order valence-corrected chi connectivity index (χ0v) is 14.4. The number of piperidine rings is 1. The molecule has 1 amide bonds. The molecule has 0 aliphatic carbocycles. The van der Waals surface area contributed by atoms with Gasteiger partial charge in [0.15, 0.2) is 0 Å². The van der Waals surface area contributed by atoms with E-state index in [0.717, 1.165) is 18.4 Å². The summed E-state index contributed by atoms with van der Waals surface area (Å²) in [6, 6.07) is 12.0. The number of carbonyl (C=O) groups is 1. The van der Waals surface area contributed by atoms with Crippen molar-refractivity contribution in [1.29, 1.82) is 0 Å². The second kappa shape index (κ2) is 8.10. The molecule has 3 rings (SSSR count). The first-order valence-corrected chi connectivity index (χ1v) is 8.73. The maximum absolute atomic E-state index is 13.0. The van der Waals surface area contributed by atoms with E-state index in [1.807, 2.05) is 30.0 Å². The molecule has 0 N–H and O–H groups in total. The molecule has 0 spiro atoms. The van der Waals surface area contributed by atoms with E-state index in [0.29, 0.717) is 25.4 Å². The number of aromatic nitrogens is 1. The third-order valence-electron chi connectivity index (χ3n) is 4.64. The minimum Gasteiger partial charge on any atom is -0.474 e. The van der Waals surface area contributed by atoms with E-state index >= 15 is 0 Å². The Labute approximate surface area is 147 Å². The van der Waals surface area contributed by atoms with Gasteiger partial charge in [-0.2, -0.15) is 0 Å². The summed E-state index contributed by atoms with van der Waals surface area (Å²) in [6.07, 6.45) is 3.89. The summed E-state index contributed by atoms with van der Waals surface area (Å²) in [6.45, 7) is 3.40. The van der Waals surface area contributed by atoms with Crippen LogP contribution in [-0.2, 0) is 4.79 Å². The van der Waals surface area contributed by atoms with Crippen LogP contribution in [0, 0.1) is 5.82 Å². The molecule has 1 atom stereocenters. The Morgan fingerprint density at radius 2 is 1.96 bits per heavy atom. The topological polar surface area (TPSA) is 42.4 Å². The minimum absolute atomic E-state index is 0.0793. The molecule has 132 valence electrons. The van der Waals surface area contributed by atoms with Crippen molar-refractivity contribution in [3.63, 3.8) is 0 Å². The van der Waals surface area contributed by atoms with E-state index in [1.54, 1.807) is 18.3 Å².